The number of aromatic nitrogens is 1. The molecule has 0 spiro atoms. The number of methoxy groups -OCH3 is 1. The van der Waals surface area contributed by atoms with Gasteiger partial charge >= 0.3 is 18.9 Å². The summed E-state index contributed by atoms with van der Waals surface area (Å²) in [5, 5.41) is 3.56. The van der Waals surface area contributed by atoms with E-state index in [0.29, 0.717) is 0 Å². The Morgan fingerprint density at radius 1 is 1.14 bits per heavy atom. The van der Waals surface area contributed by atoms with Crippen molar-refractivity contribution in [1.29, 1.82) is 0 Å². The van der Waals surface area contributed by atoms with Gasteiger partial charge in [-0.3, -0.25) is 4.98 Å². The van der Waals surface area contributed by atoms with Crippen LogP contribution < -0.4 is 28.9 Å². The summed E-state index contributed by atoms with van der Waals surface area (Å²) in [4.78, 5) is 3.79. The summed E-state index contributed by atoms with van der Waals surface area (Å²) in [6, 6.07) is 12.0. The summed E-state index contributed by atoms with van der Waals surface area (Å²) in [7, 11) is 1.67. The Morgan fingerprint density at radius 2 is 1.77 bits per heavy atom. The second-order valence-electron chi connectivity index (χ2n) is 4.89. The second-order valence-corrected chi connectivity index (χ2v) is 6.98. The molecule has 1 unspecified atom stereocenters. The van der Waals surface area contributed by atoms with Gasteiger partial charge in [-0.05, 0) is 42.3 Å². The van der Waals surface area contributed by atoms with E-state index >= 15 is 0 Å². The first-order chi connectivity index (χ1) is 10.1. The molecule has 1 aromatic heterocycles. The summed E-state index contributed by atoms with van der Waals surface area (Å²) in [5.74, 6) is 0.853. The number of pyridine rings is 1. The van der Waals surface area contributed by atoms with Gasteiger partial charge in [-0.15, -0.1) is 16.0 Å². The van der Waals surface area contributed by atoms with Crippen LogP contribution in [0, 0.1) is 0 Å². The fourth-order valence-corrected chi connectivity index (χ4v) is 4.02. The number of nitrogens with one attached hydrogen (secondary N) is 1. The minimum atomic E-state index is -0.262. The first-order valence-electron chi connectivity index (χ1n) is 6.56. The Morgan fingerprint density at radius 3 is 2.36 bits per heavy atom. The number of rotatable bonds is 3. The van der Waals surface area contributed by atoms with Crippen molar-refractivity contribution < 1.29 is 23.6 Å². The molecular formula is C16H15LiN2OS2. The van der Waals surface area contributed by atoms with Crippen molar-refractivity contribution in [1.82, 2.24) is 10.3 Å². The number of hydrogen-bond donors (Lipinski definition) is 1. The van der Waals surface area contributed by atoms with Crippen LogP contribution in [0.4, 0.5) is 0 Å². The van der Waals surface area contributed by atoms with Crippen LogP contribution in [0.1, 0.15) is 18.1 Å². The van der Waals surface area contributed by atoms with E-state index in [1.54, 1.807) is 31.3 Å². The normalized spacial score (nSPS) is 20.3. The fourth-order valence-electron chi connectivity index (χ4n) is 2.30. The molecule has 2 heterocycles. The van der Waals surface area contributed by atoms with Crippen molar-refractivity contribution in [2.45, 2.75) is 11.8 Å². The van der Waals surface area contributed by atoms with Crippen molar-refractivity contribution >= 4 is 30.1 Å². The summed E-state index contributed by atoms with van der Waals surface area (Å²) in [6.45, 7) is 2.14. The third-order valence-corrected chi connectivity index (χ3v) is 5.06. The molecule has 0 saturated carbocycles. The number of thioether (sulfide) groups is 1. The van der Waals surface area contributed by atoms with E-state index in [1.807, 2.05) is 24.3 Å². The Hall–Kier alpha value is -1.12. The predicted molar refractivity (Wildman–Crippen MR) is 89.6 cm³/mol. The smallest absolute Gasteiger partial charge is 0.771 e. The summed E-state index contributed by atoms with van der Waals surface area (Å²) in [6.07, 6.45) is 3.56. The van der Waals surface area contributed by atoms with Crippen LogP contribution in [0.2, 0.25) is 0 Å². The average Bonchev–Trinajstić information content (AvgIpc) is 2.84. The quantitative estimate of drug-likeness (QED) is 0.657. The van der Waals surface area contributed by atoms with E-state index in [1.165, 1.54) is 5.56 Å². The van der Waals surface area contributed by atoms with Gasteiger partial charge in [-0.25, -0.2) is 0 Å². The molecule has 3 rings (SSSR count). The second kappa shape index (κ2) is 6.97. The van der Waals surface area contributed by atoms with E-state index in [-0.39, 0.29) is 23.7 Å². The molecule has 3 nitrogen and oxygen atoms in total. The van der Waals surface area contributed by atoms with Crippen molar-refractivity contribution in [3.63, 3.8) is 0 Å². The Bertz CT molecular complexity index is 676. The van der Waals surface area contributed by atoms with Crippen LogP contribution in [-0.4, -0.2) is 12.1 Å². The molecule has 6 heteroatoms. The molecular weight excluding hydrogens is 307 g/mol. The maximum Gasteiger partial charge on any atom is 1.00 e. The summed E-state index contributed by atoms with van der Waals surface area (Å²) >= 11 is 7.20. The summed E-state index contributed by atoms with van der Waals surface area (Å²) < 4.78 is 6.09. The minimum absolute atomic E-state index is 0. The summed E-state index contributed by atoms with van der Waals surface area (Å²) in [5.41, 5.74) is 3.23. The van der Waals surface area contributed by atoms with Gasteiger partial charge in [-0.2, -0.15) is 0 Å². The van der Waals surface area contributed by atoms with Crippen molar-refractivity contribution in [3.8, 4) is 5.75 Å². The number of ether oxygens (including phenoxy) is 1. The van der Waals surface area contributed by atoms with E-state index in [2.05, 4.69) is 29.4 Å². The van der Waals surface area contributed by atoms with E-state index < -0.39 is 0 Å². The Kier molecular flexibility index (Phi) is 5.46. The van der Waals surface area contributed by atoms with E-state index in [0.717, 1.165) is 21.2 Å². The molecule has 108 valence electrons. The molecule has 1 atom stereocenters. The minimum Gasteiger partial charge on any atom is -0.771 e. The van der Waals surface area contributed by atoms with Gasteiger partial charge in [0.25, 0.3) is 0 Å². The molecule has 0 fully saturated rings. The molecule has 1 N–H and O–H groups in total. The zero-order chi connectivity index (χ0) is 14.9. The molecule has 0 bridgehead atoms. The molecule has 1 aliphatic heterocycles. The first-order valence-corrected chi connectivity index (χ1v) is 7.78. The fraction of sp³-hybridized carbons (Fsp3) is 0.188. The SMILES string of the molecule is COc1ccc(C2(C)NC(c3ccncc3)=C([S-])S2)cc1.[Li+]. The largest absolute Gasteiger partial charge is 1.00 e. The molecule has 0 saturated heterocycles. The van der Waals surface area contributed by atoms with Crippen LogP contribution >= 0.6 is 11.8 Å². The Balaban J connectivity index is 0.00000176. The Labute approximate surface area is 152 Å². The third kappa shape index (κ3) is 3.28. The van der Waals surface area contributed by atoms with Crippen LogP contribution in [0.15, 0.2) is 53.0 Å². The van der Waals surface area contributed by atoms with Gasteiger partial charge in [-0.1, -0.05) is 12.1 Å². The molecule has 1 aliphatic rings. The van der Waals surface area contributed by atoms with Crippen molar-refractivity contribution in [3.05, 3.63) is 64.2 Å². The molecule has 0 amide bonds. The van der Waals surface area contributed by atoms with E-state index in [4.69, 9.17) is 17.4 Å². The van der Waals surface area contributed by atoms with E-state index in [9.17, 15) is 0 Å². The van der Waals surface area contributed by atoms with Crippen LogP contribution in [0.25, 0.3) is 5.70 Å². The molecule has 0 aliphatic carbocycles. The zero-order valence-corrected chi connectivity index (χ0v) is 14.4. The van der Waals surface area contributed by atoms with Gasteiger partial charge in [0.2, 0.25) is 0 Å². The maximum atomic E-state index is 5.54. The molecule has 1 aromatic carbocycles. The third-order valence-electron chi connectivity index (χ3n) is 3.47. The van der Waals surface area contributed by atoms with Crippen LogP contribution in [0.3, 0.4) is 0 Å². The molecule has 2 aromatic rings. The number of hydrogen-bond acceptors (Lipinski definition) is 5. The van der Waals surface area contributed by atoms with Gasteiger partial charge < -0.3 is 22.7 Å². The molecule has 0 radical (unpaired) electrons. The van der Waals surface area contributed by atoms with Crippen molar-refractivity contribution in [2.75, 3.05) is 7.11 Å². The first kappa shape index (κ1) is 17.2. The van der Waals surface area contributed by atoms with Gasteiger partial charge in [0.05, 0.1) is 7.11 Å². The van der Waals surface area contributed by atoms with Gasteiger partial charge in [0.1, 0.15) is 10.6 Å². The van der Waals surface area contributed by atoms with Gasteiger partial charge in [0.15, 0.2) is 0 Å². The maximum absolute atomic E-state index is 5.54. The predicted octanol–water partition coefficient (Wildman–Crippen LogP) is 0.476. The standard InChI is InChI=1S/C16H16N2OS2.Li/c1-16(12-3-5-13(19-2)6-4-12)18-14(15(20)21-16)11-7-9-17-10-8-11;/h3-10,18,20H,1-2H3;/q;+1/p-1. The zero-order valence-electron chi connectivity index (χ0n) is 12.8. The average molecular weight is 322 g/mol. The van der Waals surface area contributed by atoms with Crippen LogP contribution in [0.5, 0.6) is 5.75 Å². The number of benzene rings is 1. The van der Waals surface area contributed by atoms with Crippen LogP contribution in [-0.2, 0) is 17.5 Å². The van der Waals surface area contributed by atoms with Crippen molar-refractivity contribution in [2.24, 2.45) is 0 Å². The monoisotopic (exact) mass is 322 g/mol. The number of nitrogens with zero attached hydrogens (tertiary/aromatic N) is 1. The van der Waals surface area contributed by atoms with Gasteiger partial charge in [0, 0.05) is 18.1 Å². The molecule has 22 heavy (non-hydrogen) atoms. The topological polar surface area (TPSA) is 34.1 Å².